The van der Waals surface area contributed by atoms with Gasteiger partial charge in [0.05, 0.1) is 15.2 Å². The summed E-state index contributed by atoms with van der Waals surface area (Å²) >= 11 is 0. The van der Waals surface area contributed by atoms with Crippen LogP contribution in [0.2, 0.25) is 0 Å². The normalized spacial score (nSPS) is 16.7. The quantitative estimate of drug-likeness (QED) is 0.0133. The number of hydrogen-bond donors (Lipinski definition) is 5. The van der Waals surface area contributed by atoms with Crippen LogP contribution < -0.4 is 10.2 Å². The standard InChI is InChI=1S/C43H48N6O13S4/c1-42(2)37(48(5)33-18-16-29-31(40(33)42)23-27(63(51,52)53)25-35(29)65(57,58)59)13-8-6-9-14-38-43(3,4)41-32-24-28(64(54,55)56)26-36(66(60,61)62)30(32)17-19-34(41)49(38)22-11-7-10-15-39(50)45-20-12-21-46-47-44/h6,8-9,13-14,16-19,23-26H,7,10-12,15,20-22H2,1-5H3,(H4-,45,50,51,52,53,54,55,56,57,58,59,60,61,62)/p+1. The molecular formula is C43H49N6O13S4+. The van der Waals surface area contributed by atoms with Crippen molar-refractivity contribution in [3.8, 4) is 0 Å². The fraction of sp³-hybridized carbons (Fsp3) is 0.349. The number of nitrogens with zero attached hydrogens (tertiary/aromatic N) is 5. The number of rotatable bonds is 17. The first-order valence-corrected chi connectivity index (χ1v) is 26.2. The van der Waals surface area contributed by atoms with Crippen molar-refractivity contribution >= 4 is 85.0 Å². The largest absolute Gasteiger partial charge is 0.356 e. The van der Waals surface area contributed by atoms with Crippen molar-refractivity contribution in [2.24, 2.45) is 5.11 Å². The molecule has 23 heteroatoms. The smallest absolute Gasteiger partial charge is 0.295 e. The van der Waals surface area contributed by atoms with Crippen molar-refractivity contribution < 1.29 is 61.3 Å². The number of hydrogen-bond acceptors (Lipinski definition) is 11. The van der Waals surface area contributed by atoms with Crippen molar-refractivity contribution in [3.05, 3.63) is 106 Å². The van der Waals surface area contributed by atoms with Gasteiger partial charge in [-0.1, -0.05) is 49.7 Å². The van der Waals surface area contributed by atoms with Gasteiger partial charge in [-0.05, 0) is 97.5 Å². The lowest BCUT2D eigenvalue weighted by Crippen LogP contribution is -2.27. The van der Waals surface area contributed by atoms with Gasteiger partial charge in [0.1, 0.15) is 16.8 Å². The molecule has 0 saturated heterocycles. The number of carbonyl (C=O) groups is 1. The van der Waals surface area contributed by atoms with Gasteiger partial charge in [-0.2, -0.15) is 38.2 Å². The van der Waals surface area contributed by atoms with E-state index in [-0.39, 0.29) is 40.4 Å². The van der Waals surface area contributed by atoms with E-state index in [1.165, 1.54) is 24.3 Å². The first-order chi connectivity index (χ1) is 30.6. The Morgan fingerprint density at radius 2 is 1.30 bits per heavy atom. The molecule has 0 aliphatic carbocycles. The molecule has 2 aliphatic heterocycles. The Bertz CT molecular complexity index is 3340. The highest BCUT2D eigenvalue weighted by Crippen LogP contribution is 2.52. The highest BCUT2D eigenvalue weighted by atomic mass is 32.2. The fourth-order valence-corrected chi connectivity index (χ4v) is 11.7. The van der Waals surface area contributed by atoms with E-state index in [4.69, 9.17) is 5.53 Å². The predicted octanol–water partition coefficient (Wildman–Crippen LogP) is 7.16. The molecule has 2 aliphatic rings. The number of allylic oxidation sites excluding steroid dienone is 6. The van der Waals surface area contributed by atoms with Crippen LogP contribution in [-0.2, 0) is 56.1 Å². The van der Waals surface area contributed by atoms with Gasteiger partial charge in [0.15, 0.2) is 5.71 Å². The SMILES string of the molecule is C[N+]1=C(/C=C/C=C/C=C2/N(CCCCCC(=O)NCCCN=[N+]=[N-])c3ccc4c(S(=O)(=O)O)cc(S(=O)(=O)O)cc4c3C2(C)C)C(C)(C)c2c1ccc1c(S(=O)(=O)O)cc(S(=O)(=O)O)cc21. The molecule has 2 heterocycles. The van der Waals surface area contributed by atoms with Crippen LogP contribution in [0.4, 0.5) is 11.4 Å². The van der Waals surface area contributed by atoms with Gasteiger partial charge in [0.2, 0.25) is 11.6 Å². The summed E-state index contributed by atoms with van der Waals surface area (Å²) in [7, 11) is -17.9. The molecule has 0 unspecified atom stereocenters. The third-order valence-corrected chi connectivity index (χ3v) is 15.4. The van der Waals surface area contributed by atoms with Crippen molar-refractivity contribution in [2.75, 3.05) is 31.6 Å². The zero-order valence-corrected chi connectivity index (χ0v) is 39.8. The number of benzene rings is 4. The molecule has 66 heavy (non-hydrogen) atoms. The van der Waals surface area contributed by atoms with Crippen LogP contribution in [0.3, 0.4) is 0 Å². The van der Waals surface area contributed by atoms with E-state index < -0.39 is 70.9 Å². The topological polar surface area (TPSA) is 302 Å². The van der Waals surface area contributed by atoms with Crippen LogP contribution in [0.25, 0.3) is 32.0 Å². The molecule has 352 valence electrons. The molecule has 19 nitrogen and oxygen atoms in total. The van der Waals surface area contributed by atoms with Crippen LogP contribution in [0.1, 0.15) is 70.9 Å². The van der Waals surface area contributed by atoms with Crippen molar-refractivity contribution in [1.29, 1.82) is 0 Å². The van der Waals surface area contributed by atoms with E-state index >= 15 is 0 Å². The monoisotopic (exact) mass is 985 g/mol. The fourth-order valence-electron chi connectivity index (χ4n) is 9.00. The first-order valence-electron chi connectivity index (χ1n) is 20.5. The highest BCUT2D eigenvalue weighted by Gasteiger charge is 2.45. The number of carbonyl (C=O) groups excluding carboxylic acids is 1. The lowest BCUT2D eigenvalue weighted by molar-refractivity contribution is -0.401. The summed E-state index contributed by atoms with van der Waals surface area (Å²) in [6.45, 7) is 8.52. The number of nitrogens with one attached hydrogen (secondary N) is 1. The second kappa shape index (κ2) is 18.3. The van der Waals surface area contributed by atoms with Crippen LogP contribution in [0.5, 0.6) is 0 Å². The Morgan fingerprint density at radius 3 is 1.86 bits per heavy atom. The van der Waals surface area contributed by atoms with E-state index in [1.54, 1.807) is 37.4 Å². The zero-order valence-electron chi connectivity index (χ0n) is 36.5. The first kappa shape index (κ1) is 49.9. The summed E-state index contributed by atoms with van der Waals surface area (Å²) < 4.78 is 141. The molecular weight excluding hydrogens is 937 g/mol. The number of fused-ring (bicyclic) bond motifs is 6. The second-order valence-electron chi connectivity index (χ2n) is 17.0. The van der Waals surface area contributed by atoms with Crippen molar-refractivity contribution in [1.82, 2.24) is 5.32 Å². The summed E-state index contributed by atoms with van der Waals surface area (Å²) in [5.74, 6) is -0.140. The Morgan fingerprint density at radius 1 is 0.727 bits per heavy atom. The molecule has 1 amide bonds. The lowest BCUT2D eigenvalue weighted by atomic mass is 9.79. The van der Waals surface area contributed by atoms with Crippen LogP contribution in [0, 0.1) is 0 Å². The molecule has 0 aromatic heterocycles. The van der Waals surface area contributed by atoms with Gasteiger partial charge < -0.3 is 10.2 Å². The van der Waals surface area contributed by atoms with Crippen LogP contribution >= 0.6 is 0 Å². The lowest BCUT2D eigenvalue weighted by Gasteiger charge is -2.27. The Hall–Kier alpha value is -5.49. The molecule has 0 radical (unpaired) electrons. The number of anilines is 1. The van der Waals surface area contributed by atoms with E-state index in [9.17, 15) is 56.7 Å². The molecule has 0 saturated carbocycles. The van der Waals surface area contributed by atoms with Crippen LogP contribution in [0.15, 0.2) is 109 Å². The van der Waals surface area contributed by atoms with E-state index in [0.29, 0.717) is 73.4 Å². The van der Waals surface area contributed by atoms with Gasteiger partial charge in [0, 0.05) is 76.2 Å². The Kier molecular flexibility index (Phi) is 13.8. The minimum atomic E-state index is -4.96. The molecule has 0 atom stereocenters. The maximum atomic E-state index is 12.6. The van der Waals surface area contributed by atoms with E-state index in [1.807, 2.05) is 49.3 Å². The number of amides is 1. The van der Waals surface area contributed by atoms with Gasteiger partial charge in [-0.3, -0.25) is 23.0 Å². The average Bonchev–Trinajstić information content (AvgIpc) is 3.55. The molecule has 0 fully saturated rings. The zero-order chi connectivity index (χ0) is 48.8. The average molecular weight is 986 g/mol. The number of unbranched alkanes of at least 4 members (excludes halogenated alkanes) is 2. The summed E-state index contributed by atoms with van der Waals surface area (Å²) in [6.07, 6.45) is 11.6. The highest BCUT2D eigenvalue weighted by molar-refractivity contribution is 7.87. The summed E-state index contributed by atoms with van der Waals surface area (Å²) in [4.78, 5) is 14.3. The number of azide groups is 1. The molecule has 6 rings (SSSR count). The van der Waals surface area contributed by atoms with Gasteiger partial charge in [0.25, 0.3) is 40.5 Å². The van der Waals surface area contributed by atoms with Crippen LogP contribution in [-0.4, -0.2) is 94.8 Å². The Balaban J connectivity index is 1.35. The second-order valence-corrected chi connectivity index (χ2v) is 22.6. The third kappa shape index (κ3) is 9.94. The van der Waals surface area contributed by atoms with Gasteiger partial charge >= 0.3 is 0 Å². The minimum absolute atomic E-state index is 0.0411. The Labute approximate surface area is 382 Å². The summed E-state index contributed by atoms with van der Waals surface area (Å²) in [6, 6.07) is 10.0. The predicted molar refractivity (Wildman–Crippen MR) is 248 cm³/mol. The van der Waals surface area contributed by atoms with Crippen molar-refractivity contribution in [2.45, 2.75) is 90.2 Å². The summed E-state index contributed by atoms with van der Waals surface area (Å²) in [5.41, 5.74) is 10.4. The molecule has 4 aromatic rings. The summed E-state index contributed by atoms with van der Waals surface area (Å²) in [5, 5.41) is 6.72. The van der Waals surface area contributed by atoms with Gasteiger partial charge in [-0.15, -0.1) is 0 Å². The van der Waals surface area contributed by atoms with Crippen molar-refractivity contribution in [3.63, 3.8) is 0 Å². The minimum Gasteiger partial charge on any atom is -0.356 e. The van der Waals surface area contributed by atoms with E-state index in [2.05, 4.69) is 15.3 Å². The van der Waals surface area contributed by atoms with E-state index in [0.717, 1.165) is 11.4 Å². The molecule has 0 spiro atoms. The molecule has 4 aromatic carbocycles. The molecule has 0 bridgehead atoms. The van der Waals surface area contributed by atoms with Gasteiger partial charge in [-0.25, -0.2) is 0 Å². The third-order valence-electron chi connectivity index (χ3n) is 11.9. The maximum absolute atomic E-state index is 12.6. The maximum Gasteiger partial charge on any atom is 0.295 e. The molecule has 5 N–H and O–H groups in total.